The van der Waals surface area contributed by atoms with Crippen LogP contribution in [-0.2, 0) is 16.0 Å². The van der Waals surface area contributed by atoms with Crippen molar-refractivity contribution in [3.63, 3.8) is 0 Å². The van der Waals surface area contributed by atoms with Gasteiger partial charge in [-0.15, -0.1) is 0 Å². The molecule has 0 spiro atoms. The fourth-order valence-corrected chi connectivity index (χ4v) is 5.44. The second-order valence-electron chi connectivity index (χ2n) is 10.9. The molecular formula is C30H35N3O5. The smallest absolute Gasteiger partial charge is 0.410 e. The van der Waals surface area contributed by atoms with E-state index >= 15 is 0 Å². The molecule has 3 heterocycles. The average molecular weight is 518 g/mol. The Morgan fingerprint density at radius 3 is 2.18 bits per heavy atom. The van der Waals surface area contributed by atoms with Crippen molar-refractivity contribution in [2.75, 3.05) is 20.2 Å². The van der Waals surface area contributed by atoms with Gasteiger partial charge in [-0.1, -0.05) is 18.2 Å². The van der Waals surface area contributed by atoms with Gasteiger partial charge in [0.25, 0.3) is 0 Å². The first-order chi connectivity index (χ1) is 18.2. The summed E-state index contributed by atoms with van der Waals surface area (Å²) in [5.74, 6) is 2.63. The Morgan fingerprint density at radius 1 is 0.895 bits per heavy atom. The largest absolute Gasteiger partial charge is 0.464 e. The summed E-state index contributed by atoms with van der Waals surface area (Å²) in [7, 11) is 1.40. The maximum absolute atomic E-state index is 12.9. The van der Waals surface area contributed by atoms with Gasteiger partial charge in [-0.25, -0.2) is 14.6 Å². The fourth-order valence-electron chi connectivity index (χ4n) is 5.44. The van der Waals surface area contributed by atoms with Crippen LogP contribution >= 0.6 is 0 Å². The lowest BCUT2D eigenvalue weighted by Crippen LogP contribution is -2.42. The van der Waals surface area contributed by atoms with E-state index in [1.807, 2.05) is 79.9 Å². The van der Waals surface area contributed by atoms with Crippen molar-refractivity contribution in [3.8, 4) is 22.8 Å². The number of methoxy groups -OCH3 is 1. The number of hydrogen-bond donors (Lipinski definition) is 0. The molecule has 3 aromatic rings. The number of esters is 1. The normalized spacial score (nSPS) is 17.7. The highest BCUT2D eigenvalue weighted by atomic mass is 16.6. The van der Waals surface area contributed by atoms with Gasteiger partial charge in [0.1, 0.15) is 28.6 Å². The van der Waals surface area contributed by atoms with Gasteiger partial charge in [-0.3, -0.25) is 0 Å². The molecule has 2 aromatic carbocycles. The predicted octanol–water partition coefficient (Wildman–Crippen LogP) is 6.26. The monoisotopic (exact) mass is 517 g/mol. The molecule has 0 bridgehead atoms. The van der Waals surface area contributed by atoms with Gasteiger partial charge in [0.2, 0.25) is 0 Å². The summed E-state index contributed by atoms with van der Waals surface area (Å²) in [6, 6.07) is 17.2. The van der Waals surface area contributed by atoms with E-state index in [4.69, 9.17) is 19.2 Å². The minimum Gasteiger partial charge on any atom is -0.464 e. The Balaban J connectivity index is 1.35. The van der Waals surface area contributed by atoms with Gasteiger partial charge in [-0.05, 0) is 82.3 Å². The molecular weight excluding hydrogens is 482 g/mol. The van der Waals surface area contributed by atoms with Crippen LogP contribution < -0.4 is 4.74 Å². The molecule has 1 saturated heterocycles. The molecule has 2 aliphatic heterocycles. The van der Waals surface area contributed by atoms with E-state index in [0.29, 0.717) is 36.1 Å². The highest BCUT2D eigenvalue weighted by molar-refractivity contribution is 5.95. The molecule has 0 aliphatic carbocycles. The van der Waals surface area contributed by atoms with Gasteiger partial charge in [0, 0.05) is 31.1 Å². The summed E-state index contributed by atoms with van der Waals surface area (Å²) in [5.41, 5.74) is 1.46. The lowest BCUT2D eigenvalue weighted by Gasteiger charge is -2.35. The summed E-state index contributed by atoms with van der Waals surface area (Å²) < 4.78 is 18.7. The maximum Gasteiger partial charge on any atom is 0.410 e. The Bertz CT molecular complexity index is 1290. The summed E-state index contributed by atoms with van der Waals surface area (Å²) in [4.78, 5) is 32.2. The van der Waals surface area contributed by atoms with Crippen molar-refractivity contribution < 1.29 is 23.8 Å². The number of carbonyl (C=O) groups excluding carboxylic acids is 2. The van der Waals surface area contributed by atoms with Gasteiger partial charge in [-0.2, -0.15) is 0 Å². The number of carbonyl (C=O) groups is 2. The predicted molar refractivity (Wildman–Crippen MR) is 143 cm³/mol. The van der Waals surface area contributed by atoms with Crippen LogP contribution in [0.4, 0.5) is 4.79 Å². The zero-order chi connectivity index (χ0) is 26.9. The van der Waals surface area contributed by atoms with Crippen LogP contribution in [0.1, 0.15) is 62.3 Å². The quantitative estimate of drug-likeness (QED) is 0.371. The van der Waals surface area contributed by atoms with Crippen molar-refractivity contribution in [2.45, 2.75) is 58.1 Å². The zero-order valence-corrected chi connectivity index (χ0v) is 22.5. The number of benzene rings is 2. The number of fused-ring (bicyclic) bond motifs is 1. The molecule has 8 heteroatoms. The second kappa shape index (κ2) is 10.5. The minimum absolute atomic E-state index is 0.230. The van der Waals surface area contributed by atoms with Crippen LogP contribution in [0.15, 0.2) is 54.6 Å². The van der Waals surface area contributed by atoms with Crippen molar-refractivity contribution >= 4 is 12.1 Å². The third kappa shape index (κ3) is 5.39. The summed E-state index contributed by atoms with van der Waals surface area (Å²) in [6.07, 6.45) is 2.43. The Morgan fingerprint density at radius 2 is 1.55 bits per heavy atom. The molecule has 1 unspecified atom stereocenters. The summed E-state index contributed by atoms with van der Waals surface area (Å²) >= 11 is 0. The third-order valence-corrected chi connectivity index (χ3v) is 7.24. The van der Waals surface area contributed by atoms with Crippen LogP contribution in [0, 0.1) is 5.92 Å². The number of nitrogens with zero attached hydrogens (tertiary/aromatic N) is 3. The van der Waals surface area contributed by atoms with E-state index in [1.54, 1.807) is 4.90 Å². The molecule has 0 N–H and O–H groups in total. The second-order valence-corrected chi connectivity index (χ2v) is 10.9. The number of hydrogen-bond acceptors (Lipinski definition) is 6. The molecule has 0 saturated carbocycles. The number of rotatable bonds is 5. The molecule has 8 nitrogen and oxygen atoms in total. The first-order valence-corrected chi connectivity index (χ1v) is 13.2. The SMILES string of the molecule is COC(=O)c1c(-c2ccc(Oc3ccccc3)cc2)nc2n1CCC2C1CCN(C(=O)OC(C)(C)C)CC1. The average Bonchev–Trinajstić information content (AvgIpc) is 3.48. The van der Waals surface area contributed by atoms with Crippen LogP contribution in [0.2, 0.25) is 0 Å². The molecule has 1 atom stereocenters. The fraction of sp³-hybridized carbons (Fsp3) is 0.433. The molecule has 200 valence electrons. The first-order valence-electron chi connectivity index (χ1n) is 13.2. The van der Waals surface area contributed by atoms with E-state index in [9.17, 15) is 9.59 Å². The Labute approximate surface area is 223 Å². The van der Waals surface area contributed by atoms with Crippen LogP contribution in [-0.4, -0.2) is 52.3 Å². The topological polar surface area (TPSA) is 82.9 Å². The third-order valence-electron chi connectivity index (χ3n) is 7.24. The molecule has 1 aromatic heterocycles. The number of para-hydroxylation sites is 1. The molecule has 0 radical (unpaired) electrons. The van der Waals surface area contributed by atoms with Gasteiger partial charge in [0.15, 0.2) is 5.69 Å². The van der Waals surface area contributed by atoms with Crippen molar-refractivity contribution in [2.24, 2.45) is 5.92 Å². The molecule has 38 heavy (non-hydrogen) atoms. The van der Waals surface area contributed by atoms with Crippen LogP contribution in [0.3, 0.4) is 0 Å². The Hall–Kier alpha value is -3.81. The van der Waals surface area contributed by atoms with Gasteiger partial charge in [0.05, 0.1) is 7.11 Å². The number of aromatic nitrogens is 2. The lowest BCUT2D eigenvalue weighted by molar-refractivity contribution is 0.0173. The minimum atomic E-state index is -0.503. The number of amides is 1. The van der Waals surface area contributed by atoms with E-state index in [-0.39, 0.29) is 18.0 Å². The summed E-state index contributed by atoms with van der Waals surface area (Å²) in [5, 5.41) is 0. The highest BCUT2D eigenvalue weighted by Crippen LogP contribution is 2.42. The standard InChI is InChI=1S/C30H35N3O5/c1-30(2,3)38-29(35)32-17-14-20(15-18-32)24-16-19-33-26(28(34)36-4)25(31-27(24)33)21-10-12-23(13-11-21)37-22-8-6-5-7-9-22/h5-13,20,24H,14-19H2,1-4H3. The van der Waals surface area contributed by atoms with Crippen molar-refractivity contribution in [1.82, 2.24) is 14.5 Å². The van der Waals surface area contributed by atoms with E-state index < -0.39 is 5.60 Å². The maximum atomic E-state index is 12.9. The van der Waals surface area contributed by atoms with E-state index in [2.05, 4.69) is 0 Å². The van der Waals surface area contributed by atoms with Gasteiger partial charge >= 0.3 is 12.1 Å². The Kier molecular flexibility index (Phi) is 7.15. The molecule has 1 fully saturated rings. The lowest BCUT2D eigenvalue weighted by atomic mass is 9.83. The van der Waals surface area contributed by atoms with E-state index in [0.717, 1.165) is 42.9 Å². The number of likely N-dealkylation sites (tertiary alicyclic amines) is 1. The summed E-state index contributed by atoms with van der Waals surface area (Å²) in [6.45, 7) is 7.70. The first kappa shape index (κ1) is 25.8. The van der Waals surface area contributed by atoms with Crippen LogP contribution in [0.25, 0.3) is 11.3 Å². The molecule has 5 rings (SSSR count). The molecule has 2 aliphatic rings. The van der Waals surface area contributed by atoms with Crippen molar-refractivity contribution in [3.05, 3.63) is 66.1 Å². The van der Waals surface area contributed by atoms with E-state index in [1.165, 1.54) is 7.11 Å². The molecule has 1 amide bonds. The number of ether oxygens (including phenoxy) is 3. The number of imidazole rings is 1. The van der Waals surface area contributed by atoms with Crippen molar-refractivity contribution in [1.29, 1.82) is 0 Å². The highest BCUT2D eigenvalue weighted by Gasteiger charge is 2.39. The zero-order valence-electron chi connectivity index (χ0n) is 22.5. The van der Waals surface area contributed by atoms with Crippen LogP contribution in [0.5, 0.6) is 11.5 Å². The number of piperidine rings is 1. The van der Waals surface area contributed by atoms with Gasteiger partial charge < -0.3 is 23.7 Å².